The third-order valence-corrected chi connectivity index (χ3v) is 2.73. The summed E-state index contributed by atoms with van der Waals surface area (Å²) < 4.78 is 26.6. The van der Waals surface area contributed by atoms with Gasteiger partial charge in [0.05, 0.1) is 4.92 Å². The molecule has 0 saturated carbocycles. The zero-order valence-electron chi connectivity index (χ0n) is 11.6. The summed E-state index contributed by atoms with van der Waals surface area (Å²) in [4.78, 5) is 21.0. The lowest BCUT2D eigenvalue weighted by Gasteiger charge is -2.07. The first kappa shape index (κ1) is 17.0. The van der Waals surface area contributed by atoms with Gasteiger partial charge in [0.2, 0.25) is 11.7 Å². The predicted octanol–water partition coefficient (Wildman–Crippen LogP) is 1.88. The van der Waals surface area contributed by atoms with Crippen molar-refractivity contribution in [3.8, 4) is 0 Å². The van der Waals surface area contributed by atoms with Gasteiger partial charge in [-0.3, -0.25) is 14.9 Å². The highest BCUT2D eigenvalue weighted by atomic mass is 19.1. The van der Waals surface area contributed by atoms with Crippen molar-refractivity contribution in [1.29, 1.82) is 0 Å². The predicted molar refractivity (Wildman–Crippen MR) is 72.6 cm³/mol. The fraction of sp³-hybridized carbons (Fsp3) is 0.462. The lowest BCUT2D eigenvalue weighted by atomic mass is 10.1. The van der Waals surface area contributed by atoms with Crippen LogP contribution in [-0.4, -0.2) is 23.9 Å². The molecule has 1 aromatic carbocycles. The van der Waals surface area contributed by atoms with E-state index < -0.39 is 22.2 Å². The molecule has 0 spiro atoms. The summed E-state index contributed by atoms with van der Waals surface area (Å²) in [6, 6.07) is 1.35. The minimum atomic E-state index is -1.21. The monoisotopic (exact) mass is 301 g/mol. The van der Waals surface area contributed by atoms with Crippen molar-refractivity contribution in [1.82, 2.24) is 10.6 Å². The molecule has 0 fully saturated rings. The Balaban J connectivity index is 2.50. The molecule has 8 heteroatoms. The number of amides is 1. The number of hydrogen-bond acceptors (Lipinski definition) is 4. The quantitative estimate of drug-likeness (QED) is 0.436. The van der Waals surface area contributed by atoms with Gasteiger partial charge in [0.25, 0.3) is 0 Å². The van der Waals surface area contributed by atoms with Crippen LogP contribution in [-0.2, 0) is 11.3 Å². The molecule has 0 unspecified atom stereocenters. The maximum absolute atomic E-state index is 13.5. The number of halogens is 2. The molecule has 0 radical (unpaired) electrons. The van der Waals surface area contributed by atoms with E-state index in [-0.39, 0.29) is 24.4 Å². The lowest BCUT2D eigenvalue weighted by molar-refractivity contribution is -0.387. The average molecular weight is 301 g/mol. The molecule has 1 rings (SSSR count). The van der Waals surface area contributed by atoms with E-state index in [4.69, 9.17) is 0 Å². The molecule has 6 nitrogen and oxygen atoms in total. The van der Waals surface area contributed by atoms with E-state index in [0.717, 1.165) is 12.5 Å². The second-order valence-corrected chi connectivity index (χ2v) is 4.43. The highest BCUT2D eigenvalue weighted by Gasteiger charge is 2.18. The highest BCUT2D eigenvalue weighted by molar-refractivity contribution is 5.75. The smallest absolute Gasteiger partial charge is 0.305 e. The molecule has 0 bridgehead atoms. The Hall–Kier alpha value is -2.09. The number of rotatable bonds is 8. The molecular weight excluding hydrogens is 284 g/mol. The van der Waals surface area contributed by atoms with Gasteiger partial charge in [0, 0.05) is 43.8 Å². The maximum atomic E-state index is 13.5. The number of carbonyl (C=O) groups excluding carboxylic acids is 1. The average Bonchev–Trinajstić information content (AvgIpc) is 2.42. The van der Waals surface area contributed by atoms with Crippen LogP contribution in [0, 0.1) is 21.7 Å². The molecule has 0 saturated heterocycles. The summed E-state index contributed by atoms with van der Waals surface area (Å²) in [6.07, 6.45) is 1.05. The highest BCUT2D eigenvalue weighted by Crippen LogP contribution is 2.21. The molecular formula is C13H17F2N3O3. The van der Waals surface area contributed by atoms with Crippen LogP contribution in [0.5, 0.6) is 0 Å². The van der Waals surface area contributed by atoms with Crippen molar-refractivity contribution in [3.05, 3.63) is 39.4 Å². The maximum Gasteiger partial charge on any atom is 0.305 e. The van der Waals surface area contributed by atoms with Gasteiger partial charge in [0.15, 0.2) is 0 Å². The SMILES string of the molecule is CCCNC(=O)CCNCc1cc([N+](=O)[O-])c(F)cc1F. The molecule has 1 amide bonds. The Morgan fingerprint density at radius 2 is 2.00 bits per heavy atom. The third-order valence-electron chi connectivity index (χ3n) is 2.73. The van der Waals surface area contributed by atoms with Gasteiger partial charge in [-0.1, -0.05) is 6.92 Å². The van der Waals surface area contributed by atoms with E-state index in [0.29, 0.717) is 19.2 Å². The summed E-state index contributed by atoms with van der Waals surface area (Å²) >= 11 is 0. The van der Waals surface area contributed by atoms with Gasteiger partial charge in [-0.25, -0.2) is 4.39 Å². The van der Waals surface area contributed by atoms with Crippen molar-refractivity contribution >= 4 is 11.6 Å². The number of carbonyl (C=O) groups is 1. The van der Waals surface area contributed by atoms with Gasteiger partial charge in [-0.2, -0.15) is 4.39 Å². The van der Waals surface area contributed by atoms with Crippen LogP contribution in [0.3, 0.4) is 0 Å². The van der Waals surface area contributed by atoms with Crippen molar-refractivity contribution in [3.63, 3.8) is 0 Å². The van der Waals surface area contributed by atoms with Gasteiger partial charge >= 0.3 is 5.69 Å². The van der Waals surface area contributed by atoms with E-state index in [9.17, 15) is 23.7 Å². The Labute approximate surface area is 120 Å². The molecule has 0 aromatic heterocycles. The number of nitro benzene ring substituents is 1. The number of hydrogen-bond donors (Lipinski definition) is 2. The Bertz CT molecular complexity index is 524. The second kappa shape index (κ2) is 8.25. The minimum absolute atomic E-state index is 0.0166. The molecule has 0 heterocycles. The van der Waals surface area contributed by atoms with Crippen LogP contribution in [0.25, 0.3) is 0 Å². The zero-order valence-corrected chi connectivity index (χ0v) is 11.6. The summed E-state index contributed by atoms with van der Waals surface area (Å²) in [7, 11) is 0. The van der Waals surface area contributed by atoms with Crippen molar-refractivity contribution < 1.29 is 18.5 Å². The molecule has 21 heavy (non-hydrogen) atoms. The van der Waals surface area contributed by atoms with E-state index in [1.807, 2.05) is 6.92 Å². The summed E-state index contributed by atoms with van der Waals surface area (Å²) in [5.41, 5.74) is -0.786. The number of benzene rings is 1. The second-order valence-electron chi connectivity index (χ2n) is 4.43. The van der Waals surface area contributed by atoms with E-state index >= 15 is 0 Å². The number of nitrogens with zero attached hydrogens (tertiary/aromatic N) is 1. The van der Waals surface area contributed by atoms with Gasteiger partial charge in [0.1, 0.15) is 5.82 Å². The first-order valence-electron chi connectivity index (χ1n) is 6.55. The minimum Gasteiger partial charge on any atom is -0.356 e. The Morgan fingerprint density at radius 3 is 2.62 bits per heavy atom. The topological polar surface area (TPSA) is 84.3 Å². The van der Waals surface area contributed by atoms with Crippen LogP contribution in [0.1, 0.15) is 25.3 Å². The zero-order chi connectivity index (χ0) is 15.8. The molecule has 2 N–H and O–H groups in total. The molecule has 1 aromatic rings. The summed E-state index contributed by atoms with van der Waals surface area (Å²) in [5.74, 6) is -2.20. The first-order valence-corrected chi connectivity index (χ1v) is 6.55. The standard InChI is InChI=1S/C13H17F2N3O3/c1-2-4-17-13(19)3-5-16-8-9-6-12(18(20)21)11(15)7-10(9)14/h6-7,16H,2-5,8H2,1H3,(H,17,19). The van der Waals surface area contributed by atoms with Crippen LogP contribution in [0.2, 0.25) is 0 Å². The molecule has 116 valence electrons. The first-order chi connectivity index (χ1) is 9.95. The molecule has 0 aliphatic carbocycles. The van der Waals surface area contributed by atoms with E-state index in [1.54, 1.807) is 0 Å². The van der Waals surface area contributed by atoms with Crippen LogP contribution < -0.4 is 10.6 Å². The summed E-state index contributed by atoms with van der Waals surface area (Å²) in [5, 5.41) is 16.0. The van der Waals surface area contributed by atoms with Gasteiger partial charge < -0.3 is 10.6 Å². The van der Waals surface area contributed by atoms with Crippen molar-refractivity contribution in [2.24, 2.45) is 0 Å². The van der Waals surface area contributed by atoms with Crippen LogP contribution >= 0.6 is 0 Å². The van der Waals surface area contributed by atoms with Crippen molar-refractivity contribution in [2.45, 2.75) is 26.3 Å². The van der Waals surface area contributed by atoms with Gasteiger partial charge in [-0.15, -0.1) is 0 Å². The molecule has 0 atom stereocenters. The van der Waals surface area contributed by atoms with Crippen LogP contribution in [0.15, 0.2) is 12.1 Å². The van der Waals surface area contributed by atoms with Crippen molar-refractivity contribution in [2.75, 3.05) is 13.1 Å². The summed E-state index contributed by atoms with van der Waals surface area (Å²) in [6.45, 7) is 2.80. The van der Waals surface area contributed by atoms with Gasteiger partial charge in [-0.05, 0) is 6.42 Å². The van der Waals surface area contributed by atoms with Crippen LogP contribution in [0.4, 0.5) is 14.5 Å². The number of nitro groups is 1. The van der Waals surface area contributed by atoms with E-state index in [2.05, 4.69) is 10.6 Å². The molecule has 0 aliphatic heterocycles. The number of nitrogens with one attached hydrogen (secondary N) is 2. The fourth-order valence-corrected chi connectivity index (χ4v) is 1.63. The fourth-order valence-electron chi connectivity index (χ4n) is 1.63. The lowest BCUT2D eigenvalue weighted by Crippen LogP contribution is -2.28. The third kappa shape index (κ3) is 5.42. The Morgan fingerprint density at radius 1 is 1.29 bits per heavy atom. The van der Waals surface area contributed by atoms with E-state index in [1.165, 1.54) is 0 Å². The largest absolute Gasteiger partial charge is 0.356 e. The Kier molecular flexibility index (Phi) is 6.67. The normalized spacial score (nSPS) is 10.4. The molecule has 0 aliphatic rings.